The maximum atomic E-state index is 13.0. The molecule has 3 rings (SSSR count). The number of amides is 4. The summed E-state index contributed by atoms with van der Waals surface area (Å²) in [6.45, 7) is 6.00. The number of methoxy groups -OCH3 is 1. The van der Waals surface area contributed by atoms with Crippen molar-refractivity contribution in [2.24, 2.45) is 5.41 Å². The van der Waals surface area contributed by atoms with E-state index < -0.39 is 5.41 Å². The Morgan fingerprint density at radius 1 is 1.03 bits per heavy atom. The summed E-state index contributed by atoms with van der Waals surface area (Å²) in [5, 5.41) is 0. The Kier molecular flexibility index (Phi) is 7.01. The van der Waals surface area contributed by atoms with Gasteiger partial charge in [-0.25, -0.2) is 0 Å². The summed E-state index contributed by atoms with van der Waals surface area (Å²) in [5.74, 6) is -0.738. The van der Waals surface area contributed by atoms with Crippen molar-refractivity contribution in [1.82, 2.24) is 14.7 Å². The molecule has 168 valence electrons. The van der Waals surface area contributed by atoms with Gasteiger partial charge >= 0.3 is 0 Å². The summed E-state index contributed by atoms with van der Waals surface area (Å²) in [4.78, 5) is 55.3. The van der Waals surface area contributed by atoms with Crippen LogP contribution < -0.4 is 0 Å². The van der Waals surface area contributed by atoms with E-state index in [4.69, 9.17) is 16.3 Å². The maximum Gasteiger partial charge on any atom is 0.261 e. The number of halogens is 1. The van der Waals surface area contributed by atoms with Crippen LogP contribution in [0, 0.1) is 5.41 Å². The highest BCUT2D eigenvalue weighted by Gasteiger charge is 2.37. The van der Waals surface area contributed by atoms with Crippen molar-refractivity contribution in [3.05, 3.63) is 34.9 Å². The molecule has 1 fully saturated rings. The van der Waals surface area contributed by atoms with Crippen LogP contribution in [0.15, 0.2) is 18.2 Å². The van der Waals surface area contributed by atoms with Crippen LogP contribution in [-0.2, 0) is 9.53 Å². The number of carbonyl (C=O) groups is 4. The summed E-state index contributed by atoms with van der Waals surface area (Å²) in [7, 11) is 1.56. The van der Waals surface area contributed by atoms with E-state index in [0.717, 1.165) is 0 Å². The first-order valence-electron chi connectivity index (χ1n) is 10.3. The molecule has 31 heavy (non-hydrogen) atoms. The number of nitrogens with zero attached hydrogens (tertiary/aromatic N) is 3. The molecule has 1 aromatic rings. The SMILES string of the molecule is COCCCN1C(=O)c2ccc(C(=O)N3CCN(C(=O)C(C)(C)CCl)CC3)cc2C1=O. The number of hydrogen-bond acceptors (Lipinski definition) is 5. The minimum atomic E-state index is -0.643. The van der Waals surface area contributed by atoms with Crippen molar-refractivity contribution in [2.45, 2.75) is 20.3 Å². The van der Waals surface area contributed by atoms with Crippen LogP contribution in [0.5, 0.6) is 0 Å². The molecule has 2 aliphatic heterocycles. The average Bonchev–Trinajstić information content (AvgIpc) is 3.02. The van der Waals surface area contributed by atoms with E-state index in [0.29, 0.717) is 50.3 Å². The van der Waals surface area contributed by atoms with Crippen LogP contribution in [0.4, 0.5) is 0 Å². The molecule has 0 radical (unpaired) electrons. The quantitative estimate of drug-likeness (QED) is 0.360. The first-order chi connectivity index (χ1) is 14.7. The predicted octanol–water partition coefficient (Wildman–Crippen LogP) is 1.87. The average molecular weight is 450 g/mol. The molecule has 1 aromatic carbocycles. The van der Waals surface area contributed by atoms with Crippen molar-refractivity contribution in [3.8, 4) is 0 Å². The first kappa shape index (κ1) is 23.2. The van der Waals surface area contributed by atoms with Gasteiger partial charge in [0.2, 0.25) is 5.91 Å². The zero-order chi connectivity index (χ0) is 22.8. The Hall–Kier alpha value is -2.45. The zero-order valence-electron chi connectivity index (χ0n) is 18.1. The van der Waals surface area contributed by atoms with Gasteiger partial charge in [0.1, 0.15) is 0 Å². The normalized spacial score (nSPS) is 16.7. The van der Waals surface area contributed by atoms with Gasteiger partial charge in [0.05, 0.1) is 16.5 Å². The second-order valence-electron chi connectivity index (χ2n) is 8.47. The lowest BCUT2D eigenvalue weighted by Gasteiger charge is -2.38. The van der Waals surface area contributed by atoms with Crippen molar-refractivity contribution in [1.29, 1.82) is 0 Å². The lowest BCUT2D eigenvalue weighted by molar-refractivity contribution is -0.140. The third-order valence-corrected chi connectivity index (χ3v) is 6.38. The highest BCUT2D eigenvalue weighted by molar-refractivity contribution is 6.22. The number of imide groups is 1. The fraction of sp³-hybridized carbons (Fsp3) is 0.545. The molecular weight excluding hydrogens is 422 g/mol. The number of fused-ring (bicyclic) bond motifs is 1. The van der Waals surface area contributed by atoms with Gasteiger partial charge in [-0.2, -0.15) is 0 Å². The van der Waals surface area contributed by atoms with E-state index in [1.54, 1.807) is 42.9 Å². The third kappa shape index (κ3) is 4.60. The Labute approximate surface area is 187 Å². The molecule has 0 saturated carbocycles. The number of piperazine rings is 1. The van der Waals surface area contributed by atoms with E-state index in [1.165, 1.54) is 11.0 Å². The van der Waals surface area contributed by atoms with Gasteiger partial charge in [-0.3, -0.25) is 24.1 Å². The number of rotatable bonds is 7. The molecule has 0 aromatic heterocycles. The van der Waals surface area contributed by atoms with Crippen molar-refractivity contribution in [3.63, 3.8) is 0 Å². The lowest BCUT2D eigenvalue weighted by atomic mass is 9.94. The monoisotopic (exact) mass is 449 g/mol. The van der Waals surface area contributed by atoms with Crippen molar-refractivity contribution >= 4 is 35.2 Å². The molecule has 0 unspecified atom stereocenters. The summed E-state index contributed by atoms with van der Waals surface area (Å²) < 4.78 is 4.98. The molecule has 0 atom stereocenters. The van der Waals surface area contributed by atoms with E-state index in [2.05, 4.69) is 0 Å². The van der Waals surface area contributed by atoms with Crippen molar-refractivity contribution < 1.29 is 23.9 Å². The number of benzene rings is 1. The predicted molar refractivity (Wildman–Crippen MR) is 115 cm³/mol. The molecule has 2 heterocycles. The molecule has 0 bridgehead atoms. The molecule has 9 heteroatoms. The molecule has 0 spiro atoms. The number of alkyl halides is 1. The van der Waals surface area contributed by atoms with Gasteiger partial charge in [-0.15, -0.1) is 11.6 Å². The molecule has 4 amide bonds. The van der Waals surface area contributed by atoms with Crippen LogP contribution in [0.1, 0.15) is 51.3 Å². The fourth-order valence-electron chi connectivity index (χ4n) is 3.77. The van der Waals surface area contributed by atoms with Crippen molar-refractivity contribution in [2.75, 3.05) is 52.3 Å². The molecule has 1 saturated heterocycles. The topological polar surface area (TPSA) is 87.2 Å². The van der Waals surface area contributed by atoms with Crippen LogP contribution in [0.25, 0.3) is 0 Å². The van der Waals surface area contributed by atoms with Gasteiger partial charge in [-0.05, 0) is 38.5 Å². The van der Waals surface area contributed by atoms with Crippen LogP contribution in [0.2, 0.25) is 0 Å². The summed E-state index contributed by atoms with van der Waals surface area (Å²) in [6.07, 6.45) is 0.553. The molecule has 0 aliphatic carbocycles. The van der Waals surface area contributed by atoms with E-state index in [9.17, 15) is 19.2 Å². The Balaban J connectivity index is 1.67. The van der Waals surface area contributed by atoms with Gasteiger partial charge in [0.15, 0.2) is 0 Å². The van der Waals surface area contributed by atoms with Gasteiger partial charge in [-0.1, -0.05) is 0 Å². The number of ether oxygens (including phenoxy) is 1. The lowest BCUT2D eigenvalue weighted by Crippen LogP contribution is -2.53. The zero-order valence-corrected chi connectivity index (χ0v) is 18.9. The second-order valence-corrected chi connectivity index (χ2v) is 8.74. The highest BCUT2D eigenvalue weighted by atomic mass is 35.5. The molecule has 0 N–H and O–H groups in total. The van der Waals surface area contributed by atoms with Gasteiger partial charge in [0.25, 0.3) is 17.7 Å². The van der Waals surface area contributed by atoms with Crippen LogP contribution in [0.3, 0.4) is 0 Å². The highest BCUT2D eigenvalue weighted by Crippen LogP contribution is 2.26. The summed E-state index contributed by atoms with van der Waals surface area (Å²) in [6, 6.07) is 4.63. The Bertz CT molecular complexity index is 893. The number of carbonyl (C=O) groups excluding carboxylic acids is 4. The maximum absolute atomic E-state index is 13.0. The molecule has 2 aliphatic rings. The minimum absolute atomic E-state index is 0.0233. The minimum Gasteiger partial charge on any atom is -0.385 e. The van der Waals surface area contributed by atoms with Gasteiger partial charge < -0.3 is 14.5 Å². The largest absolute Gasteiger partial charge is 0.385 e. The Morgan fingerprint density at radius 3 is 2.26 bits per heavy atom. The van der Waals surface area contributed by atoms with E-state index in [1.807, 2.05) is 0 Å². The number of hydrogen-bond donors (Lipinski definition) is 0. The van der Waals surface area contributed by atoms with Crippen LogP contribution in [-0.4, -0.2) is 90.6 Å². The van der Waals surface area contributed by atoms with Gasteiger partial charge in [0, 0.05) is 57.9 Å². The standard InChI is InChI=1S/C22H28ClN3O5/c1-22(2,14-23)21(30)25-10-8-24(9-11-25)18(27)15-5-6-16-17(13-15)20(29)26(19(16)28)7-4-12-31-3/h5-6,13H,4,7-12,14H2,1-3H3. The first-order valence-corrected chi connectivity index (χ1v) is 10.9. The Morgan fingerprint density at radius 2 is 1.65 bits per heavy atom. The van der Waals surface area contributed by atoms with E-state index >= 15 is 0 Å². The second kappa shape index (κ2) is 9.36. The third-order valence-electron chi connectivity index (χ3n) is 5.71. The smallest absolute Gasteiger partial charge is 0.261 e. The van der Waals surface area contributed by atoms with E-state index in [-0.39, 0.29) is 41.6 Å². The van der Waals surface area contributed by atoms with Crippen LogP contribution >= 0.6 is 11.6 Å². The summed E-state index contributed by atoms with van der Waals surface area (Å²) >= 11 is 5.91. The fourth-order valence-corrected chi connectivity index (χ4v) is 3.89. The molecule has 8 nitrogen and oxygen atoms in total. The summed E-state index contributed by atoms with van der Waals surface area (Å²) in [5.41, 5.74) is 0.290. The molecular formula is C22H28ClN3O5.